The van der Waals surface area contributed by atoms with E-state index in [1.807, 2.05) is 0 Å². The van der Waals surface area contributed by atoms with Gasteiger partial charge in [0.1, 0.15) is 17.5 Å². The van der Waals surface area contributed by atoms with Crippen LogP contribution >= 0.6 is 0 Å². The van der Waals surface area contributed by atoms with Crippen molar-refractivity contribution in [2.75, 3.05) is 14.1 Å². The van der Waals surface area contributed by atoms with Gasteiger partial charge in [-0.3, -0.25) is 19.2 Å². The molecule has 40 heavy (non-hydrogen) atoms. The molecule has 3 aliphatic rings. The lowest BCUT2D eigenvalue weighted by Gasteiger charge is -2.54. The maximum absolute atomic E-state index is 14.1. The van der Waals surface area contributed by atoms with Crippen molar-refractivity contribution in [3.8, 4) is 16.9 Å². The third-order valence-electron chi connectivity index (χ3n) is 8.68. The highest BCUT2D eigenvalue weighted by atomic mass is 19.1. The van der Waals surface area contributed by atoms with E-state index in [0.717, 1.165) is 12.1 Å². The number of carbonyl (C=O) groups is 5. The number of ketones is 3. The summed E-state index contributed by atoms with van der Waals surface area (Å²) in [5.74, 6) is -12.7. The van der Waals surface area contributed by atoms with Gasteiger partial charge in [0.25, 0.3) is 0 Å². The molecular formula is C28H27FN2O9. The molecule has 0 aromatic heterocycles. The molecule has 11 nitrogen and oxygen atoms in total. The number of likely N-dealkylation sites (N-methyl/N-ethyl adjacent to an activating group) is 1. The molecule has 2 fully saturated rings. The average Bonchev–Trinajstić information content (AvgIpc) is 2.86. The molecule has 0 heterocycles. The molecule has 1 amide bonds. The van der Waals surface area contributed by atoms with Gasteiger partial charge < -0.3 is 31.1 Å². The zero-order chi connectivity index (χ0) is 29.4. The summed E-state index contributed by atoms with van der Waals surface area (Å²) in [6.45, 7) is 0. The second-order valence-electron chi connectivity index (χ2n) is 11.0. The van der Waals surface area contributed by atoms with Gasteiger partial charge in [-0.05, 0) is 67.7 Å². The SMILES string of the molecule is CN(C)[C@@H]1C(O)C(C(N)=O)C(=O)[C@@]2(O)C(=O)C3C(=O)c4c(O)ccc(-c5ccc(F)c(C(=O)O)c5)c4CC3CC12. The highest BCUT2D eigenvalue weighted by molar-refractivity contribution is 6.25. The van der Waals surface area contributed by atoms with Crippen molar-refractivity contribution >= 4 is 29.2 Å². The number of aliphatic hydroxyl groups is 2. The summed E-state index contributed by atoms with van der Waals surface area (Å²) < 4.78 is 14.1. The summed E-state index contributed by atoms with van der Waals surface area (Å²) in [5, 5.41) is 42.6. The summed E-state index contributed by atoms with van der Waals surface area (Å²) >= 11 is 0. The number of nitrogens with two attached hydrogens (primary N) is 1. The average molecular weight is 555 g/mol. The first kappa shape index (κ1) is 27.6. The zero-order valence-corrected chi connectivity index (χ0v) is 21.5. The van der Waals surface area contributed by atoms with Crippen molar-refractivity contribution in [3.05, 3.63) is 52.8 Å². The maximum atomic E-state index is 14.1. The van der Waals surface area contributed by atoms with Crippen molar-refractivity contribution in [1.82, 2.24) is 4.90 Å². The van der Waals surface area contributed by atoms with Crippen LogP contribution in [0.15, 0.2) is 30.3 Å². The minimum Gasteiger partial charge on any atom is -0.507 e. The quantitative estimate of drug-likeness (QED) is 0.325. The van der Waals surface area contributed by atoms with Gasteiger partial charge in [-0.2, -0.15) is 0 Å². The van der Waals surface area contributed by atoms with E-state index in [2.05, 4.69) is 0 Å². The molecule has 0 radical (unpaired) electrons. The van der Waals surface area contributed by atoms with E-state index in [1.165, 1.54) is 23.1 Å². The Bertz CT molecular complexity index is 1500. The molecule has 5 rings (SSSR count). The number of Topliss-reactive ketones (excluding diaryl/α,β-unsaturated/α-hetero) is 3. The summed E-state index contributed by atoms with van der Waals surface area (Å²) in [4.78, 5) is 66.2. The number of halogens is 1. The Morgan fingerprint density at radius 2 is 1.77 bits per heavy atom. The Morgan fingerprint density at radius 1 is 1.10 bits per heavy atom. The van der Waals surface area contributed by atoms with Gasteiger partial charge in [-0.1, -0.05) is 12.1 Å². The lowest BCUT2D eigenvalue weighted by molar-refractivity contribution is -0.190. The number of hydrogen-bond acceptors (Lipinski definition) is 9. The lowest BCUT2D eigenvalue weighted by atomic mass is 9.52. The molecule has 0 aliphatic heterocycles. The summed E-state index contributed by atoms with van der Waals surface area (Å²) in [6.07, 6.45) is -1.68. The van der Waals surface area contributed by atoms with Gasteiger partial charge in [-0.15, -0.1) is 0 Å². The second kappa shape index (κ2) is 9.29. The van der Waals surface area contributed by atoms with Gasteiger partial charge in [0.15, 0.2) is 23.0 Å². The van der Waals surface area contributed by atoms with E-state index in [1.54, 1.807) is 14.1 Å². The zero-order valence-electron chi connectivity index (χ0n) is 21.5. The first-order chi connectivity index (χ1) is 18.7. The fraction of sp³-hybridized carbons (Fsp3) is 0.393. The van der Waals surface area contributed by atoms with Crippen LogP contribution in [0.2, 0.25) is 0 Å². The van der Waals surface area contributed by atoms with Gasteiger partial charge in [0.05, 0.1) is 23.1 Å². The molecule has 0 spiro atoms. The van der Waals surface area contributed by atoms with E-state index in [0.29, 0.717) is 11.1 Å². The summed E-state index contributed by atoms with van der Waals surface area (Å²) in [7, 11) is 3.09. The molecule has 3 aliphatic carbocycles. The summed E-state index contributed by atoms with van der Waals surface area (Å²) in [6, 6.07) is 5.01. The van der Waals surface area contributed by atoms with Gasteiger partial charge in [-0.25, -0.2) is 9.18 Å². The molecular weight excluding hydrogens is 527 g/mol. The largest absolute Gasteiger partial charge is 0.507 e. The number of benzene rings is 2. The van der Waals surface area contributed by atoms with Crippen molar-refractivity contribution < 1.29 is 48.8 Å². The number of carboxylic acid groups (broad SMARTS) is 1. The number of nitrogens with zero attached hydrogens (tertiary/aromatic N) is 1. The molecule has 6 N–H and O–H groups in total. The van der Waals surface area contributed by atoms with Crippen LogP contribution in [0.5, 0.6) is 5.75 Å². The summed E-state index contributed by atoms with van der Waals surface area (Å²) in [5.41, 5.74) is 2.67. The topological polar surface area (TPSA) is 196 Å². The van der Waals surface area contributed by atoms with E-state index < -0.39 is 87.8 Å². The van der Waals surface area contributed by atoms with Crippen molar-refractivity contribution in [1.29, 1.82) is 0 Å². The number of aromatic hydroxyl groups is 1. The Hall–Kier alpha value is -4.00. The van der Waals surface area contributed by atoms with Crippen LogP contribution in [0.25, 0.3) is 11.1 Å². The standard InChI is InChI=1S/C28H27FN2O9/c1-31(2)21-15-9-11-8-13-12(10-3-5-16(29)14(7-10)27(38)39)4-6-17(32)19(13)22(33)18(11)24(35)28(15,40)25(36)20(23(21)34)26(30)37/h3-7,11,15,18,20-21,23,32,34,40H,8-9H2,1-2H3,(H2,30,37)(H,38,39)/t11?,15?,18?,20?,21-,23?,28-/m0/s1. The van der Waals surface area contributed by atoms with E-state index in [9.17, 15) is 48.8 Å². The molecule has 5 unspecified atom stereocenters. The lowest BCUT2D eigenvalue weighted by Crippen LogP contribution is -2.75. The van der Waals surface area contributed by atoms with Crippen LogP contribution in [0.1, 0.15) is 32.7 Å². The van der Waals surface area contributed by atoms with Crippen molar-refractivity contribution in [2.45, 2.75) is 30.6 Å². The number of phenols is 1. The van der Waals surface area contributed by atoms with Crippen LogP contribution in [0, 0.1) is 29.5 Å². The van der Waals surface area contributed by atoms with Gasteiger partial charge >= 0.3 is 5.97 Å². The Kier molecular flexibility index (Phi) is 6.40. The van der Waals surface area contributed by atoms with Crippen molar-refractivity contribution in [2.24, 2.45) is 29.4 Å². The number of carboxylic acids is 1. The number of phenolic OH excluding ortho intramolecular Hbond substituents is 1. The number of aliphatic hydroxyl groups excluding tert-OH is 1. The number of fused-ring (bicyclic) bond motifs is 3. The molecule has 210 valence electrons. The molecule has 0 bridgehead atoms. The highest BCUT2D eigenvalue weighted by Gasteiger charge is 2.69. The predicted molar refractivity (Wildman–Crippen MR) is 135 cm³/mol. The predicted octanol–water partition coefficient (Wildman–Crippen LogP) is 0.163. The van der Waals surface area contributed by atoms with Crippen molar-refractivity contribution in [3.63, 3.8) is 0 Å². The molecule has 0 saturated heterocycles. The third-order valence-corrected chi connectivity index (χ3v) is 8.68. The number of carbonyl (C=O) groups excluding carboxylic acids is 4. The highest BCUT2D eigenvalue weighted by Crippen LogP contribution is 2.52. The van der Waals surface area contributed by atoms with E-state index in [4.69, 9.17) is 5.73 Å². The molecule has 2 aromatic rings. The van der Waals surface area contributed by atoms with Crippen LogP contribution in [-0.4, -0.2) is 86.4 Å². The van der Waals surface area contributed by atoms with Gasteiger partial charge in [0, 0.05) is 12.0 Å². The van der Waals surface area contributed by atoms with Crippen LogP contribution in [-0.2, 0) is 20.8 Å². The van der Waals surface area contributed by atoms with Crippen LogP contribution < -0.4 is 5.73 Å². The smallest absolute Gasteiger partial charge is 0.338 e. The number of aromatic carboxylic acids is 1. The first-order valence-corrected chi connectivity index (χ1v) is 12.6. The molecule has 12 heteroatoms. The van der Waals surface area contributed by atoms with Gasteiger partial charge in [0.2, 0.25) is 5.91 Å². The normalized spacial score (nSPS) is 31.4. The first-order valence-electron chi connectivity index (χ1n) is 12.6. The molecule has 2 aromatic carbocycles. The third kappa shape index (κ3) is 3.70. The molecule has 2 saturated carbocycles. The second-order valence-corrected chi connectivity index (χ2v) is 11.0. The Balaban J connectivity index is 1.66. The van der Waals surface area contributed by atoms with Crippen LogP contribution in [0.4, 0.5) is 4.39 Å². The maximum Gasteiger partial charge on any atom is 0.338 e. The monoisotopic (exact) mass is 554 g/mol. The number of rotatable bonds is 4. The number of amides is 1. The Labute approximate surface area is 227 Å². The van der Waals surface area contributed by atoms with E-state index in [-0.39, 0.29) is 24.0 Å². The van der Waals surface area contributed by atoms with E-state index >= 15 is 0 Å². The minimum absolute atomic E-state index is 0.0112. The molecule has 7 atom stereocenters. The fourth-order valence-corrected chi connectivity index (χ4v) is 6.95. The minimum atomic E-state index is -2.78. The Morgan fingerprint density at radius 3 is 2.38 bits per heavy atom. The number of primary amides is 1. The van der Waals surface area contributed by atoms with Crippen LogP contribution in [0.3, 0.4) is 0 Å². The number of hydrogen-bond donors (Lipinski definition) is 5. The fourth-order valence-electron chi connectivity index (χ4n) is 6.95.